The number of benzene rings is 2. The zero-order valence-electron chi connectivity index (χ0n) is 17.0. The normalized spacial score (nSPS) is 15.2. The summed E-state index contributed by atoms with van der Waals surface area (Å²) in [6, 6.07) is 17.4. The van der Waals surface area contributed by atoms with E-state index in [0.29, 0.717) is 35.7 Å². The molecule has 0 unspecified atom stereocenters. The summed E-state index contributed by atoms with van der Waals surface area (Å²) in [5.41, 5.74) is 3.16. The minimum Gasteiger partial charge on any atom is -0.489 e. The first-order chi connectivity index (χ1) is 14.0. The molecule has 150 valence electrons. The number of nitrogens with zero attached hydrogens (tertiary/aromatic N) is 1. The van der Waals surface area contributed by atoms with Gasteiger partial charge in [-0.05, 0) is 42.7 Å². The Bertz CT molecular complexity index is 960. The number of carbonyl (C=O) groups excluding carboxylic acids is 2. The van der Waals surface area contributed by atoms with Crippen molar-refractivity contribution in [2.75, 3.05) is 13.7 Å². The maximum Gasteiger partial charge on any atom is 0.340 e. The molecule has 0 aromatic heterocycles. The van der Waals surface area contributed by atoms with E-state index in [-0.39, 0.29) is 5.91 Å². The molecule has 0 spiro atoms. The van der Waals surface area contributed by atoms with E-state index in [9.17, 15) is 9.59 Å². The summed E-state index contributed by atoms with van der Waals surface area (Å²) in [5, 5.41) is 0. The van der Waals surface area contributed by atoms with Gasteiger partial charge in [0.2, 0.25) is 0 Å². The highest BCUT2D eigenvalue weighted by atomic mass is 16.5. The highest BCUT2D eigenvalue weighted by Crippen LogP contribution is 2.32. The third kappa shape index (κ3) is 4.57. The molecule has 0 aliphatic carbocycles. The Balaban J connectivity index is 1.87. The van der Waals surface area contributed by atoms with Gasteiger partial charge in [0, 0.05) is 12.2 Å². The molecule has 1 amide bonds. The van der Waals surface area contributed by atoms with Crippen molar-refractivity contribution in [3.05, 3.63) is 82.6 Å². The van der Waals surface area contributed by atoms with Crippen LogP contribution in [0.15, 0.2) is 71.4 Å². The van der Waals surface area contributed by atoms with Crippen LogP contribution in [-0.2, 0) is 20.9 Å². The van der Waals surface area contributed by atoms with Crippen molar-refractivity contribution < 1.29 is 19.1 Å². The molecule has 2 aromatic carbocycles. The predicted octanol–water partition coefficient (Wildman–Crippen LogP) is 4.35. The van der Waals surface area contributed by atoms with Crippen LogP contribution in [0.2, 0.25) is 0 Å². The van der Waals surface area contributed by atoms with Crippen LogP contribution in [0.1, 0.15) is 31.4 Å². The Morgan fingerprint density at radius 2 is 1.86 bits per heavy atom. The number of rotatable bonds is 7. The van der Waals surface area contributed by atoms with Crippen molar-refractivity contribution in [3.8, 4) is 5.75 Å². The van der Waals surface area contributed by atoms with E-state index >= 15 is 0 Å². The Morgan fingerprint density at radius 1 is 1.10 bits per heavy atom. The van der Waals surface area contributed by atoms with Crippen molar-refractivity contribution in [1.29, 1.82) is 0 Å². The van der Waals surface area contributed by atoms with Crippen molar-refractivity contribution >= 4 is 18.0 Å². The molecule has 5 nitrogen and oxygen atoms in total. The van der Waals surface area contributed by atoms with E-state index in [4.69, 9.17) is 9.47 Å². The summed E-state index contributed by atoms with van der Waals surface area (Å²) in [6.45, 7) is 4.78. The van der Waals surface area contributed by atoms with Crippen LogP contribution in [0.4, 0.5) is 0 Å². The van der Waals surface area contributed by atoms with Gasteiger partial charge in [0.05, 0.1) is 18.3 Å². The van der Waals surface area contributed by atoms with Gasteiger partial charge < -0.3 is 14.4 Å². The van der Waals surface area contributed by atoms with E-state index in [0.717, 1.165) is 17.5 Å². The first-order valence-electron chi connectivity index (χ1n) is 9.65. The van der Waals surface area contributed by atoms with Gasteiger partial charge in [0.25, 0.3) is 5.91 Å². The van der Waals surface area contributed by atoms with Gasteiger partial charge in [0.15, 0.2) is 0 Å². The lowest BCUT2D eigenvalue weighted by molar-refractivity contribution is -0.136. The molecular weight excluding hydrogens is 366 g/mol. The summed E-state index contributed by atoms with van der Waals surface area (Å²) in [7, 11) is 1.32. The lowest BCUT2D eigenvalue weighted by atomic mass is 10.0. The molecule has 0 N–H and O–H groups in total. The summed E-state index contributed by atoms with van der Waals surface area (Å²) < 4.78 is 10.8. The standard InChI is InChI=1S/C24H25NO4/c1-4-13-25-17(2)22(24(27)28-3)21(23(25)26)15-19-11-8-12-20(14-19)29-16-18-9-6-5-7-10-18/h5-12,14-15H,4,13,16H2,1-3H3/b21-15-. The number of hydrogen-bond acceptors (Lipinski definition) is 4. The Kier molecular flexibility index (Phi) is 6.50. The number of esters is 1. The molecule has 1 heterocycles. The van der Waals surface area contributed by atoms with Crippen molar-refractivity contribution in [3.63, 3.8) is 0 Å². The third-order valence-corrected chi connectivity index (χ3v) is 4.77. The van der Waals surface area contributed by atoms with Crippen LogP contribution in [0.25, 0.3) is 6.08 Å². The van der Waals surface area contributed by atoms with Gasteiger partial charge in [-0.15, -0.1) is 0 Å². The fraction of sp³-hybridized carbons (Fsp3) is 0.250. The molecule has 1 aliphatic rings. The first kappa shape index (κ1) is 20.4. The van der Waals surface area contributed by atoms with Crippen molar-refractivity contribution in [2.45, 2.75) is 26.9 Å². The summed E-state index contributed by atoms with van der Waals surface area (Å²) in [6.07, 6.45) is 2.52. The molecule has 0 radical (unpaired) electrons. The molecule has 1 aliphatic heterocycles. The fourth-order valence-electron chi connectivity index (χ4n) is 3.32. The van der Waals surface area contributed by atoms with Crippen LogP contribution >= 0.6 is 0 Å². The van der Waals surface area contributed by atoms with Gasteiger partial charge in [-0.3, -0.25) is 4.79 Å². The summed E-state index contributed by atoms with van der Waals surface area (Å²) in [4.78, 5) is 26.9. The van der Waals surface area contributed by atoms with E-state index in [1.54, 1.807) is 17.9 Å². The van der Waals surface area contributed by atoms with E-state index < -0.39 is 5.97 Å². The lowest BCUT2D eigenvalue weighted by Gasteiger charge is -2.16. The van der Waals surface area contributed by atoms with Crippen LogP contribution < -0.4 is 4.74 Å². The largest absolute Gasteiger partial charge is 0.489 e. The molecule has 3 rings (SSSR count). The summed E-state index contributed by atoms with van der Waals surface area (Å²) >= 11 is 0. The molecule has 2 aromatic rings. The lowest BCUT2D eigenvalue weighted by Crippen LogP contribution is -2.25. The smallest absolute Gasteiger partial charge is 0.340 e. The van der Waals surface area contributed by atoms with Crippen LogP contribution in [0.5, 0.6) is 5.75 Å². The average Bonchev–Trinajstić information content (AvgIpc) is 2.97. The number of amides is 1. The third-order valence-electron chi connectivity index (χ3n) is 4.77. The van der Waals surface area contributed by atoms with Crippen LogP contribution in [-0.4, -0.2) is 30.4 Å². The van der Waals surface area contributed by atoms with E-state index in [1.807, 2.05) is 61.5 Å². The summed E-state index contributed by atoms with van der Waals surface area (Å²) in [5.74, 6) is 0.0110. The van der Waals surface area contributed by atoms with Gasteiger partial charge in [-0.1, -0.05) is 49.4 Å². The number of carbonyl (C=O) groups is 2. The number of hydrogen-bond donors (Lipinski definition) is 0. The maximum absolute atomic E-state index is 12.9. The predicted molar refractivity (Wildman–Crippen MR) is 112 cm³/mol. The second-order valence-electron chi connectivity index (χ2n) is 6.81. The van der Waals surface area contributed by atoms with Gasteiger partial charge in [0.1, 0.15) is 12.4 Å². The highest BCUT2D eigenvalue weighted by molar-refractivity contribution is 6.16. The minimum absolute atomic E-state index is 0.180. The molecule has 0 saturated carbocycles. The second kappa shape index (κ2) is 9.24. The van der Waals surface area contributed by atoms with Crippen LogP contribution in [0.3, 0.4) is 0 Å². The first-order valence-corrected chi connectivity index (χ1v) is 9.65. The Morgan fingerprint density at radius 3 is 2.55 bits per heavy atom. The van der Waals surface area contributed by atoms with Crippen molar-refractivity contribution in [1.82, 2.24) is 4.90 Å². The fourth-order valence-corrected chi connectivity index (χ4v) is 3.32. The van der Waals surface area contributed by atoms with Gasteiger partial charge in [-0.2, -0.15) is 0 Å². The molecule has 0 bridgehead atoms. The molecular formula is C24H25NO4. The van der Waals surface area contributed by atoms with E-state index in [1.165, 1.54) is 7.11 Å². The zero-order chi connectivity index (χ0) is 20.8. The average molecular weight is 391 g/mol. The monoisotopic (exact) mass is 391 g/mol. The topological polar surface area (TPSA) is 55.8 Å². The SMILES string of the molecule is CCCN1C(=O)/C(=C\c2cccc(OCc3ccccc3)c2)C(C(=O)OC)=C1C. The maximum atomic E-state index is 12.9. The molecule has 0 fully saturated rings. The van der Waals surface area contributed by atoms with E-state index in [2.05, 4.69) is 0 Å². The molecule has 0 atom stereocenters. The zero-order valence-corrected chi connectivity index (χ0v) is 17.0. The number of ether oxygens (including phenoxy) is 2. The van der Waals surface area contributed by atoms with Crippen LogP contribution in [0, 0.1) is 0 Å². The molecule has 5 heteroatoms. The highest BCUT2D eigenvalue weighted by Gasteiger charge is 2.36. The number of methoxy groups -OCH3 is 1. The quantitative estimate of drug-likeness (QED) is 0.520. The molecule has 29 heavy (non-hydrogen) atoms. The Hall–Kier alpha value is -3.34. The van der Waals surface area contributed by atoms with Gasteiger partial charge >= 0.3 is 5.97 Å². The second-order valence-corrected chi connectivity index (χ2v) is 6.81. The minimum atomic E-state index is -0.503. The van der Waals surface area contributed by atoms with Crippen molar-refractivity contribution in [2.24, 2.45) is 0 Å². The number of allylic oxidation sites excluding steroid dienone is 1. The Labute approximate surface area is 171 Å². The van der Waals surface area contributed by atoms with Gasteiger partial charge in [-0.25, -0.2) is 4.79 Å². The molecule has 0 saturated heterocycles.